The standard InChI is InChI=1S/C22H22N4O3/c1-13-5-6-14(2)18(11-13)26-21(27)19-12-20(24-15(3)23-19)25-17-9-7-16(8-10-17)22(28)29-4/h5-12H,1-4H3,(H,26,27)(H,23,24,25). The molecule has 0 radical (unpaired) electrons. The summed E-state index contributed by atoms with van der Waals surface area (Å²) in [4.78, 5) is 32.8. The summed E-state index contributed by atoms with van der Waals surface area (Å²) < 4.78 is 4.69. The fraction of sp³-hybridized carbons (Fsp3) is 0.182. The molecule has 0 unspecified atom stereocenters. The molecule has 0 spiro atoms. The Morgan fingerprint density at radius 3 is 2.34 bits per heavy atom. The van der Waals surface area contributed by atoms with Crippen molar-refractivity contribution in [1.29, 1.82) is 0 Å². The Labute approximate surface area is 169 Å². The van der Waals surface area contributed by atoms with Crippen LogP contribution in [0.5, 0.6) is 0 Å². The molecule has 1 amide bonds. The number of benzene rings is 2. The number of esters is 1. The Morgan fingerprint density at radius 2 is 1.66 bits per heavy atom. The van der Waals surface area contributed by atoms with Gasteiger partial charge in [0, 0.05) is 17.4 Å². The van der Waals surface area contributed by atoms with Crippen LogP contribution in [0.1, 0.15) is 37.8 Å². The molecule has 3 aromatic rings. The van der Waals surface area contributed by atoms with Gasteiger partial charge in [0.2, 0.25) is 0 Å². The van der Waals surface area contributed by atoms with Crippen molar-refractivity contribution in [3.63, 3.8) is 0 Å². The van der Waals surface area contributed by atoms with Crippen molar-refractivity contribution in [3.8, 4) is 0 Å². The fourth-order valence-electron chi connectivity index (χ4n) is 2.76. The van der Waals surface area contributed by atoms with Gasteiger partial charge in [-0.05, 0) is 62.2 Å². The number of aryl methyl sites for hydroxylation is 3. The van der Waals surface area contributed by atoms with Crippen LogP contribution in [-0.4, -0.2) is 29.0 Å². The highest BCUT2D eigenvalue weighted by atomic mass is 16.5. The second-order valence-electron chi connectivity index (χ2n) is 6.65. The van der Waals surface area contributed by atoms with Crippen LogP contribution >= 0.6 is 0 Å². The summed E-state index contributed by atoms with van der Waals surface area (Å²) in [7, 11) is 1.34. The molecule has 29 heavy (non-hydrogen) atoms. The highest BCUT2D eigenvalue weighted by Gasteiger charge is 2.13. The largest absolute Gasteiger partial charge is 0.465 e. The van der Waals surface area contributed by atoms with Crippen LogP contribution in [0.15, 0.2) is 48.5 Å². The van der Waals surface area contributed by atoms with Crippen molar-refractivity contribution in [2.24, 2.45) is 0 Å². The maximum atomic E-state index is 12.7. The molecule has 0 fully saturated rings. The molecule has 7 nitrogen and oxygen atoms in total. The minimum Gasteiger partial charge on any atom is -0.465 e. The number of anilines is 3. The maximum Gasteiger partial charge on any atom is 0.337 e. The molecule has 7 heteroatoms. The number of rotatable bonds is 5. The van der Waals surface area contributed by atoms with Gasteiger partial charge in [-0.25, -0.2) is 14.8 Å². The number of ether oxygens (including phenoxy) is 1. The highest BCUT2D eigenvalue weighted by Crippen LogP contribution is 2.19. The van der Waals surface area contributed by atoms with Crippen LogP contribution in [0.4, 0.5) is 17.2 Å². The summed E-state index contributed by atoms with van der Waals surface area (Å²) in [6.07, 6.45) is 0. The summed E-state index contributed by atoms with van der Waals surface area (Å²) in [6.45, 7) is 5.63. The summed E-state index contributed by atoms with van der Waals surface area (Å²) in [6, 6.07) is 14.2. The van der Waals surface area contributed by atoms with E-state index in [2.05, 4.69) is 20.6 Å². The predicted molar refractivity (Wildman–Crippen MR) is 112 cm³/mol. The molecular weight excluding hydrogens is 368 g/mol. The van der Waals surface area contributed by atoms with Crippen molar-refractivity contribution in [2.75, 3.05) is 17.7 Å². The van der Waals surface area contributed by atoms with E-state index < -0.39 is 5.97 Å². The molecule has 2 aromatic carbocycles. The molecule has 0 aliphatic rings. The number of amides is 1. The first-order chi connectivity index (χ1) is 13.9. The lowest BCUT2D eigenvalue weighted by molar-refractivity contribution is 0.0600. The Hall–Kier alpha value is -3.74. The van der Waals surface area contributed by atoms with Crippen LogP contribution in [0.2, 0.25) is 0 Å². The summed E-state index contributed by atoms with van der Waals surface area (Å²) in [5.41, 5.74) is 4.20. The molecule has 148 valence electrons. The van der Waals surface area contributed by atoms with E-state index >= 15 is 0 Å². The Kier molecular flexibility index (Phi) is 5.87. The maximum absolute atomic E-state index is 12.7. The van der Waals surface area contributed by atoms with Crippen LogP contribution in [0.3, 0.4) is 0 Å². The predicted octanol–water partition coefficient (Wildman–Crippen LogP) is 4.18. The van der Waals surface area contributed by atoms with Crippen molar-refractivity contribution >= 4 is 29.1 Å². The van der Waals surface area contributed by atoms with Crippen molar-refractivity contribution in [3.05, 3.63) is 76.7 Å². The second-order valence-corrected chi connectivity index (χ2v) is 6.65. The summed E-state index contributed by atoms with van der Waals surface area (Å²) in [5.74, 6) is 0.231. The number of methoxy groups -OCH3 is 1. The van der Waals surface area contributed by atoms with Gasteiger partial charge in [-0.3, -0.25) is 4.79 Å². The zero-order valence-electron chi connectivity index (χ0n) is 16.7. The van der Waals surface area contributed by atoms with E-state index in [-0.39, 0.29) is 11.6 Å². The van der Waals surface area contributed by atoms with Gasteiger partial charge in [-0.2, -0.15) is 0 Å². The molecule has 0 bridgehead atoms. The van der Waals surface area contributed by atoms with E-state index in [1.165, 1.54) is 7.11 Å². The third-order valence-corrected chi connectivity index (χ3v) is 4.29. The normalized spacial score (nSPS) is 10.3. The van der Waals surface area contributed by atoms with Crippen molar-refractivity contribution in [1.82, 2.24) is 9.97 Å². The number of nitrogens with one attached hydrogen (secondary N) is 2. The number of nitrogens with zero attached hydrogens (tertiary/aromatic N) is 2. The number of carbonyl (C=O) groups is 2. The lowest BCUT2D eigenvalue weighted by atomic mass is 10.1. The van der Waals surface area contributed by atoms with Gasteiger partial charge < -0.3 is 15.4 Å². The SMILES string of the molecule is COC(=O)c1ccc(Nc2cc(C(=O)Nc3cc(C)ccc3C)nc(C)n2)cc1. The molecule has 0 saturated carbocycles. The third-order valence-electron chi connectivity index (χ3n) is 4.29. The molecule has 0 saturated heterocycles. The van der Waals surface area contributed by atoms with Crippen LogP contribution in [-0.2, 0) is 4.74 Å². The lowest BCUT2D eigenvalue weighted by Crippen LogP contribution is -2.16. The van der Waals surface area contributed by atoms with E-state index in [9.17, 15) is 9.59 Å². The van der Waals surface area contributed by atoms with Gasteiger partial charge in [-0.15, -0.1) is 0 Å². The number of carbonyl (C=O) groups excluding carboxylic acids is 2. The Balaban J connectivity index is 1.79. The second kappa shape index (κ2) is 8.52. The van der Waals surface area contributed by atoms with E-state index in [1.54, 1.807) is 37.3 Å². The average Bonchev–Trinajstić information content (AvgIpc) is 2.70. The smallest absolute Gasteiger partial charge is 0.337 e. The molecule has 0 atom stereocenters. The first-order valence-electron chi connectivity index (χ1n) is 9.05. The van der Waals surface area contributed by atoms with Crippen LogP contribution < -0.4 is 10.6 Å². The van der Waals surface area contributed by atoms with E-state index in [1.807, 2.05) is 32.0 Å². The fourth-order valence-corrected chi connectivity index (χ4v) is 2.76. The van der Waals surface area contributed by atoms with Gasteiger partial charge in [0.1, 0.15) is 17.3 Å². The first-order valence-corrected chi connectivity index (χ1v) is 9.05. The molecule has 0 aliphatic heterocycles. The van der Waals surface area contributed by atoms with Gasteiger partial charge in [-0.1, -0.05) is 12.1 Å². The minimum atomic E-state index is -0.403. The molecule has 2 N–H and O–H groups in total. The number of aromatic nitrogens is 2. The Bertz CT molecular complexity index is 1060. The van der Waals surface area contributed by atoms with Gasteiger partial charge in [0.15, 0.2) is 0 Å². The minimum absolute atomic E-state index is 0.257. The zero-order chi connectivity index (χ0) is 21.0. The quantitative estimate of drug-likeness (QED) is 0.635. The average molecular weight is 390 g/mol. The molecule has 3 rings (SSSR count). The molecule has 1 heterocycles. The van der Waals surface area contributed by atoms with E-state index in [4.69, 9.17) is 4.74 Å². The topological polar surface area (TPSA) is 93.2 Å². The van der Waals surface area contributed by atoms with Crippen molar-refractivity contribution in [2.45, 2.75) is 20.8 Å². The molecule has 1 aromatic heterocycles. The number of hydrogen-bond donors (Lipinski definition) is 2. The van der Waals surface area contributed by atoms with Gasteiger partial charge in [0.25, 0.3) is 5.91 Å². The zero-order valence-corrected chi connectivity index (χ0v) is 16.7. The highest BCUT2D eigenvalue weighted by molar-refractivity contribution is 6.03. The van der Waals surface area contributed by atoms with Crippen LogP contribution in [0.25, 0.3) is 0 Å². The third kappa shape index (κ3) is 4.95. The van der Waals surface area contributed by atoms with Gasteiger partial charge >= 0.3 is 5.97 Å². The first kappa shape index (κ1) is 20.0. The monoisotopic (exact) mass is 390 g/mol. The summed E-state index contributed by atoms with van der Waals surface area (Å²) >= 11 is 0. The Morgan fingerprint density at radius 1 is 0.931 bits per heavy atom. The van der Waals surface area contributed by atoms with Gasteiger partial charge in [0.05, 0.1) is 12.7 Å². The van der Waals surface area contributed by atoms with Crippen LogP contribution in [0, 0.1) is 20.8 Å². The van der Waals surface area contributed by atoms with E-state index in [0.29, 0.717) is 17.2 Å². The van der Waals surface area contributed by atoms with Crippen molar-refractivity contribution < 1.29 is 14.3 Å². The molecular formula is C22H22N4O3. The molecule has 0 aliphatic carbocycles. The lowest BCUT2D eigenvalue weighted by Gasteiger charge is -2.11. The summed E-state index contributed by atoms with van der Waals surface area (Å²) in [5, 5.41) is 6.03. The number of hydrogen-bond acceptors (Lipinski definition) is 6. The van der Waals surface area contributed by atoms with E-state index in [0.717, 1.165) is 22.5 Å².